The zero-order valence-corrected chi connectivity index (χ0v) is 35.7. The number of aromatic amines is 2. The normalized spacial score (nSPS) is 17.6. The topological polar surface area (TPSA) is 129 Å². The Labute approximate surface area is 362 Å². The minimum absolute atomic E-state index is 0.0662. The minimum Gasteiger partial charge on any atom is -0.369 e. The van der Waals surface area contributed by atoms with Crippen molar-refractivity contribution in [3.8, 4) is 33.6 Å². The van der Waals surface area contributed by atoms with Crippen molar-refractivity contribution in [2.24, 2.45) is 0 Å². The maximum absolute atomic E-state index is 12.8. The number of amides is 2. The molecule has 12 nitrogen and oxygen atoms in total. The van der Waals surface area contributed by atoms with Gasteiger partial charge in [0.1, 0.15) is 12.3 Å². The van der Waals surface area contributed by atoms with Crippen molar-refractivity contribution < 1.29 is 9.59 Å². The van der Waals surface area contributed by atoms with E-state index in [1.165, 1.54) is 20.4 Å². The number of piperazine rings is 1. The van der Waals surface area contributed by atoms with Gasteiger partial charge in [-0.25, -0.2) is 0 Å². The number of likely N-dealkylation sites (N-methyl/N-ethyl adjacent to an activating group) is 1. The van der Waals surface area contributed by atoms with Crippen LogP contribution in [0.5, 0.6) is 0 Å². The van der Waals surface area contributed by atoms with Gasteiger partial charge in [0.05, 0.1) is 46.3 Å². The standard InChI is InChI=1S/C29H30N6O.C18H15IN4O/c1-33-15-17-35(18-16-33)23-13-11-21(12-14-23)20-7-9-22(10-8-20)27-25(19-30-32-27)28-31-29(36)24-5-3-4-6-26(24)34(28)2;1-23-15-5-3-2-4-13(15)18(24)21-17(23)14-10-20-22-16(14)11-6-8-12(19)9-7-11/h3-14,19,28H,15-18H2,1-2H3,(H,30,32)(H,31,36);2-10,17H,1H3,(H,20,22)(H,21,24). The summed E-state index contributed by atoms with van der Waals surface area (Å²) < 4.78 is 1.18. The van der Waals surface area contributed by atoms with Crippen LogP contribution in [0.1, 0.15) is 44.2 Å². The van der Waals surface area contributed by atoms with Gasteiger partial charge in [-0.1, -0.05) is 72.8 Å². The molecule has 10 rings (SSSR count). The van der Waals surface area contributed by atoms with Crippen LogP contribution < -0.4 is 25.3 Å². The third-order valence-electron chi connectivity index (χ3n) is 11.7. The lowest BCUT2D eigenvalue weighted by molar-refractivity contribution is 0.0920. The quantitative estimate of drug-likeness (QED) is 0.124. The Morgan fingerprint density at radius 1 is 0.533 bits per heavy atom. The van der Waals surface area contributed by atoms with E-state index in [0.29, 0.717) is 11.1 Å². The number of nitrogens with zero attached hydrogens (tertiary/aromatic N) is 6. The third kappa shape index (κ3) is 7.61. The Morgan fingerprint density at radius 2 is 0.950 bits per heavy atom. The largest absolute Gasteiger partial charge is 0.369 e. The minimum atomic E-state index is -0.303. The molecule has 3 aliphatic rings. The predicted molar refractivity (Wildman–Crippen MR) is 246 cm³/mol. The maximum atomic E-state index is 12.8. The van der Waals surface area contributed by atoms with Crippen LogP contribution in [-0.2, 0) is 0 Å². The van der Waals surface area contributed by atoms with E-state index in [1.54, 1.807) is 12.4 Å². The van der Waals surface area contributed by atoms with E-state index >= 15 is 0 Å². The summed E-state index contributed by atoms with van der Waals surface area (Å²) in [7, 11) is 6.15. The molecular formula is C47H45IN10O2. The Morgan fingerprint density at radius 3 is 1.43 bits per heavy atom. The number of H-pyrrole nitrogens is 2. The van der Waals surface area contributed by atoms with E-state index in [0.717, 1.165) is 71.2 Å². The Hall–Kier alpha value is -6.45. The predicted octanol–water partition coefficient (Wildman–Crippen LogP) is 7.93. The van der Waals surface area contributed by atoms with Gasteiger partial charge in [0.15, 0.2) is 0 Å². The molecule has 1 fully saturated rings. The molecule has 7 aromatic rings. The van der Waals surface area contributed by atoms with E-state index in [4.69, 9.17) is 0 Å². The molecule has 3 aliphatic heterocycles. The third-order valence-corrected chi connectivity index (χ3v) is 12.4. The number of benzene rings is 5. The summed E-state index contributed by atoms with van der Waals surface area (Å²) in [6.07, 6.45) is 3.02. The molecule has 5 heterocycles. The number of aromatic nitrogens is 4. The first-order chi connectivity index (χ1) is 29.2. The Bertz CT molecular complexity index is 2630. The number of carbonyl (C=O) groups is 2. The number of fused-ring (bicyclic) bond motifs is 2. The van der Waals surface area contributed by atoms with Crippen molar-refractivity contribution >= 4 is 51.5 Å². The van der Waals surface area contributed by atoms with Crippen LogP contribution in [0.2, 0.25) is 0 Å². The van der Waals surface area contributed by atoms with E-state index in [9.17, 15) is 9.59 Å². The van der Waals surface area contributed by atoms with Gasteiger partial charge in [0.25, 0.3) is 11.8 Å². The van der Waals surface area contributed by atoms with Crippen molar-refractivity contribution in [3.05, 3.63) is 160 Å². The Balaban J connectivity index is 0.000000167. The van der Waals surface area contributed by atoms with Crippen molar-refractivity contribution in [2.45, 2.75) is 12.3 Å². The lowest BCUT2D eigenvalue weighted by atomic mass is 9.99. The second-order valence-electron chi connectivity index (χ2n) is 15.3. The highest BCUT2D eigenvalue weighted by Crippen LogP contribution is 2.37. The lowest BCUT2D eigenvalue weighted by Gasteiger charge is -2.36. The summed E-state index contributed by atoms with van der Waals surface area (Å²) in [6, 6.07) is 40.9. The van der Waals surface area contributed by atoms with Gasteiger partial charge in [-0.3, -0.25) is 19.8 Å². The van der Waals surface area contributed by atoms with Gasteiger partial charge in [0.2, 0.25) is 0 Å². The second kappa shape index (κ2) is 16.7. The summed E-state index contributed by atoms with van der Waals surface area (Å²) in [5.41, 5.74) is 12.6. The average molecular weight is 909 g/mol. The summed E-state index contributed by atoms with van der Waals surface area (Å²) >= 11 is 2.28. The number of rotatable bonds is 6. The van der Waals surface area contributed by atoms with E-state index in [2.05, 4.69) is 153 Å². The fourth-order valence-electron chi connectivity index (χ4n) is 8.24. The van der Waals surface area contributed by atoms with Gasteiger partial charge < -0.3 is 30.2 Å². The van der Waals surface area contributed by atoms with Crippen LogP contribution in [0, 0.1) is 3.57 Å². The van der Waals surface area contributed by atoms with Crippen LogP contribution in [0.4, 0.5) is 17.1 Å². The van der Waals surface area contributed by atoms with E-state index in [1.807, 2.05) is 62.6 Å². The number of carbonyl (C=O) groups excluding carboxylic acids is 2. The van der Waals surface area contributed by atoms with Crippen LogP contribution in [0.3, 0.4) is 0 Å². The summed E-state index contributed by atoms with van der Waals surface area (Å²) in [6.45, 7) is 4.34. The van der Waals surface area contributed by atoms with E-state index < -0.39 is 0 Å². The smallest absolute Gasteiger partial charge is 0.255 e. The van der Waals surface area contributed by atoms with Crippen LogP contribution >= 0.6 is 22.6 Å². The first-order valence-corrected chi connectivity index (χ1v) is 21.0. The zero-order chi connectivity index (χ0) is 41.3. The molecule has 4 N–H and O–H groups in total. The number of nitrogens with one attached hydrogen (secondary N) is 4. The van der Waals surface area contributed by atoms with Crippen molar-refractivity contribution in [1.29, 1.82) is 0 Å². The summed E-state index contributed by atoms with van der Waals surface area (Å²) in [5, 5.41) is 20.9. The number of hydrogen-bond donors (Lipinski definition) is 4. The fourth-order valence-corrected chi connectivity index (χ4v) is 8.60. The molecule has 0 bridgehead atoms. The van der Waals surface area contributed by atoms with Gasteiger partial charge in [0, 0.05) is 66.2 Å². The summed E-state index contributed by atoms with van der Waals surface area (Å²) in [5.74, 6) is -0.139. The molecule has 2 aromatic heterocycles. The highest BCUT2D eigenvalue weighted by molar-refractivity contribution is 14.1. The van der Waals surface area contributed by atoms with Gasteiger partial charge >= 0.3 is 0 Å². The summed E-state index contributed by atoms with van der Waals surface area (Å²) in [4.78, 5) is 34.2. The molecule has 1 saturated heterocycles. The van der Waals surface area contributed by atoms with Gasteiger partial charge in [-0.15, -0.1) is 0 Å². The van der Waals surface area contributed by atoms with Gasteiger partial charge in [-0.05, 0) is 94.9 Å². The van der Waals surface area contributed by atoms with Crippen LogP contribution in [0.15, 0.2) is 134 Å². The molecule has 60 heavy (non-hydrogen) atoms. The molecule has 0 spiro atoms. The molecule has 2 amide bonds. The van der Waals surface area contributed by atoms with Crippen molar-refractivity contribution in [1.82, 2.24) is 35.9 Å². The molecular weight excluding hydrogens is 863 g/mol. The van der Waals surface area contributed by atoms with Crippen LogP contribution in [0.25, 0.3) is 33.6 Å². The molecule has 2 atom stereocenters. The SMILES string of the molecule is CN1CCN(c2ccc(-c3ccc(-c4[nH]ncc4C4NC(=O)c5ccccc5N4C)cc3)cc2)CC1.CN1c2ccccc2C(=O)NC1c1cn[nH]c1-c1ccc(I)cc1. The van der Waals surface area contributed by atoms with E-state index in [-0.39, 0.29) is 24.1 Å². The van der Waals surface area contributed by atoms with Crippen molar-refractivity contribution in [2.75, 3.05) is 62.0 Å². The molecule has 0 radical (unpaired) electrons. The fraction of sp³-hybridized carbons (Fsp3) is 0.191. The molecule has 2 unspecified atom stereocenters. The highest BCUT2D eigenvalue weighted by atomic mass is 127. The van der Waals surface area contributed by atoms with Gasteiger partial charge in [-0.2, -0.15) is 10.2 Å². The first-order valence-electron chi connectivity index (χ1n) is 20.0. The highest BCUT2D eigenvalue weighted by Gasteiger charge is 2.33. The van der Waals surface area contributed by atoms with Crippen LogP contribution in [-0.4, -0.2) is 84.4 Å². The number of hydrogen-bond acceptors (Lipinski definition) is 8. The molecule has 0 saturated carbocycles. The zero-order valence-electron chi connectivity index (χ0n) is 33.6. The Kier molecular flexibility index (Phi) is 10.8. The second-order valence-corrected chi connectivity index (χ2v) is 16.6. The molecule has 5 aromatic carbocycles. The van der Waals surface area contributed by atoms with Crippen molar-refractivity contribution in [3.63, 3.8) is 0 Å². The monoisotopic (exact) mass is 908 g/mol. The number of anilines is 3. The first kappa shape index (κ1) is 39.0. The molecule has 302 valence electrons. The lowest BCUT2D eigenvalue weighted by Crippen LogP contribution is -2.44. The maximum Gasteiger partial charge on any atom is 0.255 e. The number of para-hydroxylation sites is 2. The number of halogens is 1. The molecule has 13 heteroatoms. The average Bonchev–Trinajstić information content (AvgIpc) is 3.98. The molecule has 0 aliphatic carbocycles.